The Kier molecular flexibility index (Phi) is 6.09. The Morgan fingerprint density at radius 1 is 1.17 bits per heavy atom. The third-order valence-electron chi connectivity index (χ3n) is 4.90. The monoisotopic (exact) mass is 433 g/mol. The van der Waals surface area contributed by atoms with E-state index in [4.69, 9.17) is 8.83 Å². The largest absolute Gasteiger partial charge is 0.468 e. The zero-order chi connectivity index (χ0) is 20.3. The number of nitrogens with zero attached hydrogens (tertiary/aromatic N) is 2. The molecule has 0 bridgehead atoms. The zero-order valence-corrected chi connectivity index (χ0v) is 17.7. The molecule has 3 heterocycles. The molecule has 1 atom stereocenters. The SMILES string of the molecule is Cc1nc(-c2ccc(S(=O)(=O)NC[C@@H](c3ccco3)N3CCSCC3)cc2)co1. The summed E-state index contributed by atoms with van der Waals surface area (Å²) in [5, 5.41) is 0. The van der Waals surface area contributed by atoms with Gasteiger partial charge >= 0.3 is 0 Å². The van der Waals surface area contributed by atoms with E-state index in [1.165, 1.54) is 0 Å². The predicted molar refractivity (Wildman–Crippen MR) is 112 cm³/mol. The van der Waals surface area contributed by atoms with E-state index in [0.717, 1.165) is 35.9 Å². The lowest BCUT2D eigenvalue weighted by Gasteiger charge is -2.33. The van der Waals surface area contributed by atoms with Crippen LogP contribution in [-0.2, 0) is 10.0 Å². The van der Waals surface area contributed by atoms with Crippen molar-refractivity contribution in [1.29, 1.82) is 0 Å². The fourth-order valence-electron chi connectivity index (χ4n) is 3.35. The molecule has 0 aliphatic carbocycles. The molecule has 1 fully saturated rings. The minimum atomic E-state index is -3.65. The highest BCUT2D eigenvalue weighted by atomic mass is 32.2. The summed E-state index contributed by atoms with van der Waals surface area (Å²) in [6.45, 7) is 3.83. The highest BCUT2D eigenvalue weighted by molar-refractivity contribution is 7.99. The Labute approximate surface area is 174 Å². The van der Waals surface area contributed by atoms with Crippen molar-refractivity contribution in [3.8, 4) is 11.3 Å². The second-order valence-electron chi connectivity index (χ2n) is 6.81. The molecule has 9 heteroatoms. The molecule has 7 nitrogen and oxygen atoms in total. The first kappa shape index (κ1) is 20.2. The maximum absolute atomic E-state index is 12.8. The van der Waals surface area contributed by atoms with E-state index >= 15 is 0 Å². The molecule has 0 radical (unpaired) electrons. The Balaban J connectivity index is 1.48. The molecule has 1 aliphatic heterocycles. The van der Waals surface area contributed by atoms with Gasteiger partial charge in [0.2, 0.25) is 10.0 Å². The van der Waals surface area contributed by atoms with Gasteiger partial charge in [-0.15, -0.1) is 0 Å². The van der Waals surface area contributed by atoms with Crippen molar-refractivity contribution in [2.45, 2.75) is 17.9 Å². The maximum Gasteiger partial charge on any atom is 0.240 e. The van der Waals surface area contributed by atoms with E-state index in [-0.39, 0.29) is 17.5 Å². The molecule has 1 saturated heterocycles. The van der Waals surface area contributed by atoms with Gasteiger partial charge in [0, 0.05) is 43.6 Å². The van der Waals surface area contributed by atoms with Crippen LogP contribution in [0.25, 0.3) is 11.3 Å². The molecule has 0 amide bonds. The van der Waals surface area contributed by atoms with Crippen molar-refractivity contribution in [1.82, 2.24) is 14.6 Å². The molecule has 0 unspecified atom stereocenters. The van der Waals surface area contributed by atoms with E-state index in [0.29, 0.717) is 11.6 Å². The van der Waals surface area contributed by atoms with E-state index in [2.05, 4.69) is 14.6 Å². The number of aromatic nitrogens is 1. The van der Waals surface area contributed by atoms with Gasteiger partial charge in [0.25, 0.3) is 0 Å². The average molecular weight is 434 g/mol. The number of aryl methyl sites for hydroxylation is 1. The lowest BCUT2D eigenvalue weighted by molar-refractivity contribution is 0.193. The van der Waals surface area contributed by atoms with Crippen LogP contribution in [-0.4, -0.2) is 49.4 Å². The summed E-state index contributed by atoms with van der Waals surface area (Å²) in [6, 6.07) is 10.2. The third kappa shape index (κ3) is 4.75. The molecular formula is C20H23N3O4S2. The Morgan fingerprint density at radius 2 is 1.93 bits per heavy atom. The minimum absolute atomic E-state index is 0.127. The molecule has 1 aromatic carbocycles. The Hall–Kier alpha value is -2.07. The molecule has 0 saturated carbocycles. The van der Waals surface area contributed by atoms with Gasteiger partial charge in [-0.25, -0.2) is 18.1 Å². The quantitative estimate of drug-likeness (QED) is 0.611. The normalized spacial score (nSPS) is 16.7. The van der Waals surface area contributed by atoms with Crippen molar-refractivity contribution < 1.29 is 17.3 Å². The molecule has 29 heavy (non-hydrogen) atoms. The first-order valence-electron chi connectivity index (χ1n) is 9.40. The van der Waals surface area contributed by atoms with E-state index in [1.807, 2.05) is 23.9 Å². The van der Waals surface area contributed by atoms with Gasteiger partial charge in [-0.05, 0) is 24.3 Å². The summed E-state index contributed by atoms with van der Waals surface area (Å²) in [5.74, 6) is 3.41. The van der Waals surface area contributed by atoms with Crippen LogP contribution in [0.5, 0.6) is 0 Å². The number of furan rings is 1. The molecule has 1 aliphatic rings. The number of hydrogen-bond acceptors (Lipinski definition) is 7. The zero-order valence-electron chi connectivity index (χ0n) is 16.1. The van der Waals surface area contributed by atoms with Gasteiger partial charge in [0.15, 0.2) is 5.89 Å². The fourth-order valence-corrected chi connectivity index (χ4v) is 5.32. The van der Waals surface area contributed by atoms with Crippen molar-refractivity contribution in [2.24, 2.45) is 0 Å². The number of rotatable bonds is 7. The van der Waals surface area contributed by atoms with Crippen LogP contribution in [0.1, 0.15) is 17.7 Å². The first-order chi connectivity index (χ1) is 14.0. The molecular weight excluding hydrogens is 410 g/mol. The molecule has 0 spiro atoms. The van der Waals surface area contributed by atoms with E-state index in [1.54, 1.807) is 43.7 Å². The van der Waals surface area contributed by atoms with Crippen molar-refractivity contribution in [3.63, 3.8) is 0 Å². The predicted octanol–water partition coefficient (Wildman–Crippen LogP) is 3.31. The van der Waals surface area contributed by atoms with Crippen LogP contribution < -0.4 is 4.72 Å². The standard InChI is InChI=1S/C20H23N3O4S2/c1-15-22-18(14-27-15)16-4-6-17(7-5-16)29(24,25)21-13-19(20-3-2-10-26-20)23-8-11-28-12-9-23/h2-7,10,14,19,21H,8-9,11-13H2,1H3/t19-/m0/s1. The summed E-state index contributed by atoms with van der Waals surface area (Å²) in [6.07, 6.45) is 3.18. The van der Waals surface area contributed by atoms with Crippen LogP contribution in [0.4, 0.5) is 0 Å². The number of benzene rings is 1. The molecule has 1 N–H and O–H groups in total. The van der Waals surface area contributed by atoms with Crippen molar-refractivity contribution >= 4 is 21.8 Å². The second-order valence-corrected chi connectivity index (χ2v) is 9.80. The minimum Gasteiger partial charge on any atom is -0.468 e. The van der Waals surface area contributed by atoms with Crippen LogP contribution in [0.2, 0.25) is 0 Å². The third-order valence-corrected chi connectivity index (χ3v) is 7.29. The number of nitrogens with one attached hydrogen (secondary N) is 1. The van der Waals surface area contributed by atoms with Crippen molar-refractivity contribution in [3.05, 3.63) is 60.6 Å². The van der Waals surface area contributed by atoms with E-state index in [9.17, 15) is 8.42 Å². The Bertz CT molecular complexity index is 1020. The summed E-state index contributed by atoms with van der Waals surface area (Å²) in [7, 11) is -3.65. The number of hydrogen-bond donors (Lipinski definition) is 1. The van der Waals surface area contributed by atoms with Crippen molar-refractivity contribution in [2.75, 3.05) is 31.1 Å². The number of sulfonamides is 1. The molecule has 154 valence electrons. The second kappa shape index (κ2) is 8.74. The maximum atomic E-state index is 12.8. The lowest BCUT2D eigenvalue weighted by Crippen LogP contribution is -2.41. The smallest absolute Gasteiger partial charge is 0.240 e. The topological polar surface area (TPSA) is 88.6 Å². The van der Waals surface area contributed by atoms with E-state index < -0.39 is 10.0 Å². The number of thioether (sulfide) groups is 1. The summed E-state index contributed by atoms with van der Waals surface area (Å²) < 4.78 is 39.2. The van der Waals surface area contributed by atoms with Gasteiger partial charge in [0.1, 0.15) is 17.7 Å². The first-order valence-corrected chi connectivity index (χ1v) is 12.0. The fraction of sp³-hybridized carbons (Fsp3) is 0.350. The molecule has 2 aromatic heterocycles. The van der Waals surface area contributed by atoms with Gasteiger partial charge in [-0.3, -0.25) is 4.90 Å². The lowest BCUT2D eigenvalue weighted by atomic mass is 10.2. The van der Waals surface area contributed by atoms with Crippen LogP contribution in [0.15, 0.2) is 62.7 Å². The van der Waals surface area contributed by atoms with Gasteiger partial charge < -0.3 is 8.83 Å². The van der Waals surface area contributed by atoms with Gasteiger partial charge in [0.05, 0.1) is 17.2 Å². The number of oxazole rings is 1. The summed E-state index contributed by atoms with van der Waals surface area (Å²) in [4.78, 5) is 6.75. The highest BCUT2D eigenvalue weighted by Crippen LogP contribution is 2.25. The average Bonchev–Trinajstić information content (AvgIpc) is 3.41. The van der Waals surface area contributed by atoms with Crippen LogP contribution >= 0.6 is 11.8 Å². The Morgan fingerprint density at radius 3 is 2.55 bits per heavy atom. The van der Waals surface area contributed by atoms with Gasteiger partial charge in [-0.1, -0.05) is 12.1 Å². The molecule has 4 rings (SSSR count). The van der Waals surface area contributed by atoms with Gasteiger partial charge in [-0.2, -0.15) is 11.8 Å². The summed E-state index contributed by atoms with van der Waals surface area (Å²) in [5.41, 5.74) is 1.49. The van der Waals surface area contributed by atoms with Crippen LogP contribution in [0, 0.1) is 6.92 Å². The summed E-state index contributed by atoms with van der Waals surface area (Å²) >= 11 is 1.91. The highest BCUT2D eigenvalue weighted by Gasteiger charge is 2.26. The molecule has 3 aromatic rings. The van der Waals surface area contributed by atoms with Crippen LogP contribution in [0.3, 0.4) is 0 Å².